The third-order valence-corrected chi connectivity index (χ3v) is 10.2. The summed E-state index contributed by atoms with van der Waals surface area (Å²) >= 11 is 17.2. The Hall–Kier alpha value is -4.55. The average molecular weight is 811 g/mol. The fraction of sp³-hybridized carbons (Fsp3) is 0.184. The lowest BCUT2D eigenvalue weighted by molar-refractivity contribution is -0.138. The molecule has 6 rings (SSSR count). The van der Waals surface area contributed by atoms with E-state index in [0.29, 0.717) is 69.2 Å². The first-order valence-corrected chi connectivity index (χ1v) is 18.0. The third kappa shape index (κ3) is 7.43. The molecule has 0 amide bonds. The molecule has 51 heavy (non-hydrogen) atoms. The van der Waals surface area contributed by atoms with Crippen molar-refractivity contribution in [1.82, 2.24) is 4.57 Å². The van der Waals surface area contributed by atoms with Gasteiger partial charge < -0.3 is 23.7 Å². The van der Waals surface area contributed by atoms with Crippen molar-refractivity contribution in [2.45, 2.75) is 19.6 Å². The van der Waals surface area contributed by atoms with Gasteiger partial charge in [-0.15, -0.1) is 0 Å². The summed E-state index contributed by atoms with van der Waals surface area (Å²) in [5.41, 5.74) is 3.01. The van der Waals surface area contributed by atoms with E-state index >= 15 is 0 Å². The smallest absolute Gasteiger partial charge is 0.338 e. The molecule has 9 nitrogen and oxygen atoms in total. The van der Waals surface area contributed by atoms with Gasteiger partial charge >= 0.3 is 5.97 Å². The van der Waals surface area contributed by atoms with Crippen molar-refractivity contribution in [2.24, 2.45) is 4.99 Å². The van der Waals surface area contributed by atoms with Crippen molar-refractivity contribution < 1.29 is 28.5 Å². The van der Waals surface area contributed by atoms with E-state index in [1.165, 1.54) is 30.1 Å². The van der Waals surface area contributed by atoms with E-state index in [9.17, 15) is 9.59 Å². The van der Waals surface area contributed by atoms with Crippen LogP contribution in [0.15, 0.2) is 98.7 Å². The Balaban J connectivity index is 1.51. The zero-order valence-corrected chi connectivity index (χ0v) is 31.8. The van der Waals surface area contributed by atoms with Gasteiger partial charge in [-0.2, -0.15) is 0 Å². The molecule has 1 aliphatic heterocycles. The van der Waals surface area contributed by atoms with Crippen LogP contribution in [0.3, 0.4) is 0 Å². The van der Waals surface area contributed by atoms with Crippen molar-refractivity contribution in [3.05, 3.63) is 141 Å². The Morgan fingerprint density at radius 2 is 1.69 bits per heavy atom. The molecule has 0 saturated heterocycles. The number of methoxy groups -OCH3 is 3. The highest BCUT2D eigenvalue weighted by Gasteiger charge is 2.35. The van der Waals surface area contributed by atoms with E-state index in [2.05, 4.69) is 15.9 Å². The second-order valence-electron chi connectivity index (χ2n) is 11.1. The summed E-state index contributed by atoms with van der Waals surface area (Å²) in [4.78, 5) is 33.6. The van der Waals surface area contributed by atoms with E-state index < -0.39 is 12.0 Å². The number of carbonyl (C=O) groups excluding carboxylic acids is 1. The summed E-state index contributed by atoms with van der Waals surface area (Å²) in [6, 6.07) is 22.5. The molecule has 2 heterocycles. The van der Waals surface area contributed by atoms with Gasteiger partial charge in [0.25, 0.3) is 5.56 Å². The Kier molecular flexibility index (Phi) is 11.2. The first kappa shape index (κ1) is 36.2. The fourth-order valence-electron chi connectivity index (χ4n) is 5.68. The lowest BCUT2D eigenvalue weighted by Crippen LogP contribution is -2.40. The Labute approximate surface area is 316 Å². The van der Waals surface area contributed by atoms with Gasteiger partial charge in [-0.05, 0) is 76.5 Å². The fourth-order valence-corrected chi connectivity index (χ4v) is 7.72. The molecule has 0 radical (unpaired) electrons. The second kappa shape index (κ2) is 15.8. The maximum absolute atomic E-state index is 14.4. The SMILES string of the molecule is CCOC(=O)C1=C(c2ccccc2)N=c2s/c(=C\c3cc(Br)c(OCc4ccc(Cl)cc4Cl)c(OC)c3)c(=O)n2[C@@H]1c1ccc(OC)c(OC)c1. The monoisotopic (exact) mass is 808 g/mol. The van der Waals surface area contributed by atoms with Crippen molar-refractivity contribution >= 4 is 68.2 Å². The lowest BCUT2D eigenvalue weighted by Gasteiger charge is -2.26. The minimum Gasteiger partial charge on any atom is -0.493 e. The van der Waals surface area contributed by atoms with Gasteiger partial charge in [0.05, 0.1) is 54.3 Å². The summed E-state index contributed by atoms with van der Waals surface area (Å²) < 4.78 is 31.0. The predicted octanol–water partition coefficient (Wildman–Crippen LogP) is 7.61. The van der Waals surface area contributed by atoms with E-state index in [-0.39, 0.29) is 24.3 Å². The summed E-state index contributed by atoms with van der Waals surface area (Å²) in [5, 5.41) is 1.01. The predicted molar refractivity (Wildman–Crippen MR) is 202 cm³/mol. The number of fused-ring (bicyclic) bond motifs is 1. The highest BCUT2D eigenvalue weighted by atomic mass is 79.9. The number of aromatic nitrogens is 1. The van der Waals surface area contributed by atoms with Crippen LogP contribution in [0.2, 0.25) is 10.0 Å². The van der Waals surface area contributed by atoms with E-state index in [1.807, 2.05) is 36.4 Å². The van der Waals surface area contributed by atoms with Crippen LogP contribution in [0, 0.1) is 0 Å². The number of carbonyl (C=O) groups is 1. The van der Waals surface area contributed by atoms with Gasteiger partial charge in [0.15, 0.2) is 27.8 Å². The van der Waals surface area contributed by atoms with Crippen molar-refractivity contribution in [1.29, 1.82) is 0 Å². The number of halogens is 3. The normalized spacial score (nSPS) is 14.1. The maximum Gasteiger partial charge on any atom is 0.338 e. The largest absolute Gasteiger partial charge is 0.493 e. The molecule has 0 saturated carbocycles. The van der Waals surface area contributed by atoms with Gasteiger partial charge in [-0.1, -0.05) is 77.0 Å². The molecule has 0 spiro atoms. The third-order valence-electron chi connectivity index (χ3n) is 8.03. The number of nitrogens with zero attached hydrogens (tertiary/aromatic N) is 2. The van der Waals surface area contributed by atoms with Gasteiger partial charge in [0.1, 0.15) is 6.61 Å². The van der Waals surface area contributed by atoms with Gasteiger partial charge in [-0.25, -0.2) is 9.79 Å². The highest BCUT2D eigenvalue weighted by Crippen LogP contribution is 2.40. The van der Waals surface area contributed by atoms with Crippen LogP contribution in [0.5, 0.6) is 23.0 Å². The highest BCUT2D eigenvalue weighted by molar-refractivity contribution is 9.10. The number of benzene rings is 4. The summed E-state index contributed by atoms with van der Waals surface area (Å²) in [6.07, 6.45) is 1.75. The van der Waals surface area contributed by atoms with E-state index in [4.69, 9.17) is 51.9 Å². The molecule has 0 unspecified atom stereocenters. The first-order chi connectivity index (χ1) is 24.7. The maximum atomic E-state index is 14.4. The molecular formula is C38H31BrCl2N2O7S. The minimum atomic E-state index is -0.894. The van der Waals surface area contributed by atoms with Crippen molar-refractivity contribution in [3.63, 3.8) is 0 Å². The van der Waals surface area contributed by atoms with E-state index in [0.717, 1.165) is 5.56 Å². The number of ether oxygens (including phenoxy) is 5. The van der Waals surface area contributed by atoms with Crippen LogP contribution in [0.1, 0.15) is 35.2 Å². The summed E-state index contributed by atoms with van der Waals surface area (Å²) in [5.74, 6) is 1.26. The molecule has 0 N–H and O–H groups in total. The molecule has 1 atom stereocenters. The minimum absolute atomic E-state index is 0.136. The number of hydrogen-bond donors (Lipinski definition) is 0. The summed E-state index contributed by atoms with van der Waals surface area (Å²) in [6.45, 7) is 2.04. The molecule has 4 aromatic carbocycles. The topological polar surface area (TPSA) is 97.6 Å². The summed E-state index contributed by atoms with van der Waals surface area (Å²) in [7, 11) is 4.60. The van der Waals surface area contributed by atoms with Crippen molar-refractivity contribution in [2.75, 3.05) is 27.9 Å². The molecule has 1 aromatic heterocycles. The van der Waals surface area contributed by atoms with Crippen molar-refractivity contribution in [3.8, 4) is 23.0 Å². The molecule has 0 bridgehead atoms. The van der Waals surface area contributed by atoms with Gasteiger partial charge in [0.2, 0.25) is 0 Å². The van der Waals surface area contributed by atoms with Gasteiger partial charge in [-0.3, -0.25) is 9.36 Å². The van der Waals surface area contributed by atoms with Crippen LogP contribution < -0.4 is 33.8 Å². The van der Waals surface area contributed by atoms with Gasteiger partial charge in [0, 0.05) is 21.2 Å². The molecule has 0 aliphatic carbocycles. The molecular weight excluding hydrogens is 779 g/mol. The number of rotatable bonds is 11. The van der Waals surface area contributed by atoms with Crippen LogP contribution >= 0.6 is 50.5 Å². The second-order valence-corrected chi connectivity index (χ2v) is 13.8. The number of hydrogen-bond acceptors (Lipinski definition) is 9. The number of esters is 1. The standard InChI is InChI=1S/C38H31BrCl2N2O7S/c1-5-49-37(45)32-33(22-9-7-6-8-10-22)42-38-43(34(32)23-12-14-28(46-2)29(18-23)47-3)36(44)31(51-38)17-21-15-26(39)35(30(16-21)48-4)50-20-24-11-13-25(40)19-27(24)41/h6-19,34H,5,20H2,1-4H3/b31-17-/t34-/m1/s1. The Morgan fingerprint density at radius 1 is 0.941 bits per heavy atom. The zero-order valence-electron chi connectivity index (χ0n) is 27.9. The Bertz CT molecular complexity index is 2340. The van der Waals surface area contributed by atoms with Crippen LogP contribution in [0.25, 0.3) is 11.8 Å². The number of thiazole rings is 1. The molecule has 0 fully saturated rings. The average Bonchev–Trinajstić information content (AvgIpc) is 3.44. The van der Waals surface area contributed by atoms with E-state index in [1.54, 1.807) is 62.6 Å². The first-order valence-electron chi connectivity index (χ1n) is 15.6. The quantitative estimate of drug-likeness (QED) is 0.127. The molecule has 1 aliphatic rings. The van der Waals surface area contributed by atoms with Crippen LogP contribution in [-0.2, 0) is 16.1 Å². The van der Waals surface area contributed by atoms with Crippen LogP contribution in [-0.4, -0.2) is 38.5 Å². The lowest BCUT2D eigenvalue weighted by atomic mass is 9.93. The zero-order chi connectivity index (χ0) is 36.2. The molecule has 5 aromatic rings. The van der Waals surface area contributed by atoms with Crippen LogP contribution in [0.4, 0.5) is 0 Å². The molecule has 262 valence electrons. The Morgan fingerprint density at radius 3 is 2.37 bits per heavy atom. The molecule has 13 heteroatoms.